The first kappa shape index (κ1) is 13.9. The maximum Gasteiger partial charge on any atom is 0.303 e. The van der Waals surface area contributed by atoms with Crippen LogP contribution in [0.3, 0.4) is 0 Å². The molecule has 1 aliphatic rings. The van der Waals surface area contributed by atoms with Crippen molar-refractivity contribution in [2.24, 2.45) is 0 Å². The van der Waals surface area contributed by atoms with Gasteiger partial charge in [-0.1, -0.05) is 0 Å². The van der Waals surface area contributed by atoms with Crippen LogP contribution in [0.15, 0.2) is 23.1 Å². The van der Waals surface area contributed by atoms with Gasteiger partial charge in [0.25, 0.3) is 0 Å². The summed E-state index contributed by atoms with van der Waals surface area (Å²) in [5.74, 6) is -0.788. The summed E-state index contributed by atoms with van der Waals surface area (Å²) in [6, 6.07) is 4.32. The average molecular weight is 283 g/mol. The van der Waals surface area contributed by atoms with Gasteiger partial charge in [-0.2, -0.15) is 0 Å². The fourth-order valence-electron chi connectivity index (χ4n) is 2.00. The number of aliphatic carboxylic acids is 1. The van der Waals surface area contributed by atoms with E-state index < -0.39 is 5.97 Å². The molecule has 1 aromatic carbocycles. The molecule has 0 fully saturated rings. The molecule has 1 aromatic rings. The van der Waals surface area contributed by atoms with Crippen LogP contribution >= 0.6 is 11.8 Å². The molecule has 0 spiro atoms. The number of carbonyl (C=O) groups excluding carboxylic acids is 1. The number of nitrogens with one attached hydrogen (secondary N) is 1. The molecule has 0 bridgehead atoms. The van der Waals surface area contributed by atoms with Gasteiger partial charge in [-0.15, -0.1) is 11.8 Å². The summed E-state index contributed by atoms with van der Waals surface area (Å²) >= 11 is 1.63. The molecular weight excluding hydrogens is 269 g/mol. The van der Waals surface area contributed by atoms with Crippen LogP contribution < -0.4 is 5.32 Å². The summed E-state index contributed by atoms with van der Waals surface area (Å²) in [7, 11) is 0. The fraction of sp³-hybridized carbons (Fsp3) is 0.385. The van der Waals surface area contributed by atoms with Crippen LogP contribution in [-0.4, -0.2) is 22.7 Å². The Morgan fingerprint density at radius 1 is 1.42 bits per heavy atom. The van der Waals surface area contributed by atoms with E-state index in [4.69, 9.17) is 5.11 Å². The maximum absolute atomic E-state index is 13.3. The monoisotopic (exact) mass is 283 g/mol. The van der Waals surface area contributed by atoms with E-state index in [2.05, 4.69) is 5.32 Å². The molecule has 0 aliphatic carbocycles. The van der Waals surface area contributed by atoms with Crippen molar-refractivity contribution in [2.45, 2.75) is 30.2 Å². The molecule has 102 valence electrons. The van der Waals surface area contributed by atoms with Gasteiger partial charge in [0.15, 0.2) is 0 Å². The van der Waals surface area contributed by atoms with Gasteiger partial charge in [0.2, 0.25) is 5.91 Å². The predicted molar refractivity (Wildman–Crippen MR) is 69.5 cm³/mol. The molecule has 0 saturated carbocycles. The zero-order valence-electron chi connectivity index (χ0n) is 10.2. The number of carboxylic acids is 1. The molecule has 0 radical (unpaired) electrons. The molecule has 0 aromatic heterocycles. The first-order valence-corrected chi connectivity index (χ1v) is 6.98. The van der Waals surface area contributed by atoms with Crippen molar-refractivity contribution in [1.29, 1.82) is 0 Å². The van der Waals surface area contributed by atoms with E-state index in [9.17, 15) is 14.0 Å². The van der Waals surface area contributed by atoms with Gasteiger partial charge in [0, 0.05) is 17.1 Å². The number of fused-ring (bicyclic) bond motifs is 1. The van der Waals surface area contributed by atoms with Gasteiger partial charge in [-0.05, 0) is 30.2 Å². The molecule has 19 heavy (non-hydrogen) atoms. The first-order chi connectivity index (χ1) is 9.06. The molecular formula is C13H14FNO3S. The summed E-state index contributed by atoms with van der Waals surface area (Å²) in [5.41, 5.74) is 0.778. The van der Waals surface area contributed by atoms with E-state index in [-0.39, 0.29) is 30.6 Å². The minimum Gasteiger partial charge on any atom is -0.481 e. The molecule has 1 amide bonds. The van der Waals surface area contributed by atoms with E-state index in [0.717, 1.165) is 22.6 Å². The molecule has 4 nitrogen and oxygen atoms in total. The third-order valence-electron chi connectivity index (χ3n) is 2.91. The van der Waals surface area contributed by atoms with Crippen molar-refractivity contribution in [3.63, 3.8) is 0 Å². The lowest BCUT2D eigenvalue weighted by molar-refractivity contribution is -0.138. The number of carbonyl (C=O) groups is 2. The molecule has 2 rings (SSSR count). The first-order valence-electron chi connectivity index (χ1n) is 5.99. The molecule has 1 aliphatic heterocycles. The highest BCUT2D eigenvalue weighted by Crippen LogP contribution is 2.36. The van der Waals surface area contributed by atoms with Gasteiger partial charge in [0.1, 0.15) is 5.82 Å². The van der Waals surface area contributed by atoms with Crippen molar-refractivity contribution in [2.75, 3.05) is 5.75 Å². The number of thioether (sulfide) groups is 1. The van der Waals surface area contributed by atoms with Crippen LogP contribution in [0.5, 0.6) is 0 Å². The zero-order valence-corrected chi connectivity index (χ0v) is 11.0. The predicted octanol–water partition coefficient (Wildman–Crippen LogP) is 2.34. The van der Waals surface area contributed by atoms with Gasteiger partial charge in [-0.3, -0.25) is 9.59 Å². The number of rotatable bonds is 4. The van der Waals surface area contributed by atoms with Gasteiger partial charge < -0.3 is 10.4 Å². The highest BCUT2D eigenvalue weighted by molar-refractivity contribution is 7.99. The number of hydrogen-bond acceptors (Lipinski definition) is 3. The SMILES string of the molecule is O=C(O)CCC(=O)NC1CCSc2ccc(F)cc21. The van der Waals surface area contributed by atoms with Crippen LogP contribution in [-0.2, 0) is 9.59 Å². The maximum atomic E-state index is 13.3. The van der Waals surface area contributed by atoms with Gasteiger partial charge in [0.05, 0.1) is 12.5 Å². The van der Waals surface area contributed by atoms with Crippen molar-refractivity contribution in [3.05, 3.63) is 29.6 Å². The number of carboxylic acid groups (broad SMARTS) is 1. The van der Waals surface area contributed by atoms with E-state index in [1.165, 1.54) is 12.1 Å². The lowest BCUT2D eigenvalue weighted by Gasteiger charge is -2.26. The second-order valence-electron chi connectivity index (χ2n) is 4.33. The van der Waals surface area contributed by atoms with Crippen LogP contribution in [0.4, 0.5) is 4.39 Å². The number of benzene rings is 1. The van der Waals surface area contributed by atoms with E-state index in [1.807, 2.05) is 0 Å². The van der Waals surface area contributed by atoms with Crippen molar-refractivity contribution >= 4 is 23.6 Å². The Balaban J connectivity index is 2.04. The quantitative estimate of drug-likeness (QED) is 0.890. The summed E-state index contributed by atoms with van der Waals surface area (Å²) in [5, 5.41) is 11.3. The summed E-state index contributed by atoms with van der Waals surface area (Å²) < 4.78 is 13.3. The molecule has 1 heterocycles. The topological polar surface area (TPSA) is 66.4 Å². The minimum absolute atomic E-state index is 0.0520. The van der Waals surface area contributed by atoms with Crippen LogP contribution in [0.1, 0.15) is 30.9 Å². The Hall–Kier alpha value is -1.56. The Kier molecular flexibility index (Phi) is 4.42. The van der Waals surface area contributed by atoms with E-state index in [0.29, 0.717) is 0 Å². The third kappa shape index (κ3) is 3.70. The highest BCUT2D eigenvalue weighted by Gasteiger charge is 2.22. The zero-order chi connectivity index (χ0) is 13.8. The molecule has 0 saturated heterocycles. The third-order valence-corrected chi connectivity index (χ3v) is 4.04. The average Bonchev–Trinajstić information content (AvgIpc) is 2.37. The summed E-state index contributed by atoms with van der Waals surface area (Å²) in [6.45, 7) is 0. The highest BCUT2D eigenvalue weighted by atomic mass is 32.2. The number of hydrogen-bond donors (Lipinski definition) is 2. The normalized spacial score (nSPS) is 17.6. The Morgan fingerprint density at radius 3 is 2.95 bits per heavy atom. The van der Waals surface area contributed by atoms with Crippen molar-refractivity contribution in [3.8, 4) is 0 Å². The van der Waals surface area contributed by atoms with Gasteiger partial charge in [-0.25, -0.2) is 4.39 Å². The lowest BCUT2D eigenvalue weighted by Crippen LogP contribution is -2.30. The smallest absolute Gasteiger partial charge is 0.303 e. The van der Waals surface area contributed by atoms with E-state index in [1.54, 1.807) is 17.8 Å². The second-order valence-corrected chi connectivity index (χ2v) is 5.47. The van der Waals surface area contributed by atoms with Gasteiger partial charge >= 0.3 is 5.97 Å². The second kappa shape index (κ2) is 6.06. The van der Waals surface area contributed by atoms with Crippen LogP contribution in [0.25, 0.3) is 0 Å². The standard InChI is InChI=1S/C13H14FNO3S/c14-8-1-2-11-9(7-8)10(5-6-19-11)15-12(16)3-4-13(17)18/h1-2,7,10H,3-6H2,(H,15,16)(H,17,18). The Labute approximate surface area is 114 Å². The number of amides is 1. The van der Waals surface area contributed by atoms with Crippen molar-refractivity contribution in [1.82, 2.24) is 5.32 Å². The Morgan fingerprint density at radius 2 is 2.21 bits per heavy atom. The van der Waals surface area contributed by atoms with Crippen LogP contribution in [0.2, 0.25) is 0 Å². The Bertz CT molecular complexity index is 507. The van der Waals surface area contributed by atoms with Crippen molar-refractivity contribution < 1.29 is 19.1 Å². The summed E-state index contributed by atoms with van der Waals surface area (Å²) in [4.78, 5) is 23.0. The fourth-order valence-corrected chi connectivity index (χ4v) is 3.11. The molecule has 2 N–H and O–H groups in total. The number of halogens is 1. The van der Waals surface area contributed by atoms with Crippen LogP contribution in [0, 0.1) is 5.82 Å². The summed E-state index contributed by atoms with van der Waals surface area (Å²) in [6.07, 6.45) is 0.479. The van der Waals surface area contributed by atoms with E-state index >= 15 is 0 Å². The lowest BCUT2D eigenvalue weighted by atomic mass is 10.0. The largest absolute Gasteiger partial charge is 0.481 e. The minimum atomic E-state index is -0.999. The molecule has 1 atom stereocenters. The molecule has 6 heteroatoms. The molecule has 1 unspecified atom stereocenters.